The van der Waals surface area contributed by atoms with Gasteiger partial charge in [0, 0.05) is 5.75 Å². The Hall–Kier alpha value is -1.90. The molecule has 0 aliphatic heterocycles. The average molecular weight is 376 g/mol. The van der Waals surface area contributed by atoms with E-state index < -0.39 is 9.84 Å². The van der Waals surface area contributed by atoms with Crippen LogP contribution in [0.2, 0.25) is 0 Å². The summed E-state index contributed by atoms with van der Waals surface area (Å²) in [6, 6.07) is 14.9. The molecule has 0 fully saturated rings. The summed E-state index contributed by atoms with van der Waals surface area (Å²) in [5.74, 6) is 0.362. The van der Waals surface area contributed by atoms with Gasteiger partial charge < -0.3 is 4.42 Å². The smallest absolute Gasteiger partial charge is 0.256 e. The SMILES string of the molecule is O=S(=O)(CCSc1nc2ccccc2o1)c1nc2ccccc2s1. The van der Waals surface area contributed by atoms with E-state index in [0.717, 1.165) is 10.2 Å². The Morgan fingerprint density at radius 2 is 1.75 bits per heavy atom. The van der Waals surface area contributed by atoms with Crippen LogP contribution in [0.15, 0.2) is 62.5 Å². The zero-order valence-corrected chi connectivity index (χ0v) is 14.8. The molecule has 0 atom stereocenters. The molecular formula is C16H12N2O3S3. The fraction of sp³-hybridized carbons (Fsp3) is 0.125. The molecule has 0 N–H and O–H groups in total. The molecule has 0 radical (unpaired) electrons. The quantitative estimate of drug-likeness (QED) is 0.490. The van der Waals surface area contributed by atoms with Crippen LogP contribution in [-0.4, -0.2) is 29.9 Å². The number of sulfone groups is 1. The molecule has 0 spiro atoms. The Balaban J connectivity index is 1.47. The topological polar surface area (TPSA) is 73.1 Å². The van der Waals surface area contributed by atoms with Gasteiger partial charge in [0.2, 0.25) is 14.2 Å². The van der Waals surface area contributed by atoms with Crippen molar-refractivity contribution in [3.8, 4) is 0 Å². The van der Waals surface area contributed by atoms with Gasteiger partial charge in [-0.2, -0.15) is 0 Å². The second kappa shape index (κ2) is 6.19. The van der Waals surface area contributed by atoms with Crippen LogP contribution in [-0.2, 0) is 9.84 Å². The van der Waals surface area contributed by atoms with Crippen LogP contribution in [0.3, 0.4) is 0 Å². The van der Waals surface area contributed by atoms with Crippen molar-refractivity contribution in [3.63, 3.8) is 0 Å². The lowest BCUT2D eigenvalue weighted by molar-refractivity contribution is 0.489. The number of para-hydroxylation sites is 3. The van der Waals surface area contributed by atoms with Crippen LogP contribution in [0.4, 0.5) is 0 Å². The van der Waals surface area contributed by atoms with E-state index in [2.05, 4.69) is 9.97 Å². The van der Waals surface area contributed by atoms with Crippen molar-refractivity contribution in [1.29, 1.82) is 0 Å². The van der Waals surface area contributed by atoms with Crippen molar-refractivity contribution >= 4 is 54.3 Å². The molecule has 0 aliphatic carbocycles. The number of hydrogen-bond donors (Lipinski definition) is 0. The van der Waals surface area contributed by atoms with Gasteiger partial charge in [0.25, 0.3) is 5.22 Å². The number of thioether (sulfide) groups is 1. The van der Waals surface area contributed by atoms with Crippen LogP contribution in [0, 0.1) is 0 Å². The lowest BCUT2D eigenvalue weighted by Crippen LogP contribution is -2.08. The maximum atomic E-state index is 12.4. The predicted octanol–water partition coefficient (Wildman–Crippen LogP) is 4.00. The van der Waals surface area contributed by atoms with E-state index in [1.54, 1.807) is 0 Å². The van der Waals surface area contributed by atoms with Crippen LogP contribution in [0.25, 0.3) is 21.3 Å². The third-order valence-electron chi connectivity index (χ3n) is 3.39. The molecule has 0 amide bonds. The number of thiazole rings is 1. The van der Waals surface area contributed by atoms with Crippen molar-refractivity contribution in [2.75, 3.05) is 11.5 Å². The standard InChI is InChI=1S/C16H12N2O3S3/c19-24(20,16-18-12-6-2-4-8-14(12)23-16)10-9-22-15-17-11-5-1-3-7-13(11)21-15/h1-8H,9-10H2. The van der Waals surface area contributed by atoms with Crippen LogP contribution >= 0.6 is 23.1 Å². The van der Waals surface area contributed by atoms with Crippen LogP contribution in [0.1, 0.15) is 0 Å². The molecular weight excluding hydrogens is 364 g/mol. The molecule has 0 aliphatic rings. The molecule has 2 heterocycles. The normalized spacial score (nSPS) is 12.2. The van der Waals surface area contributed by atoms with Crippen LogP contribution in [0.5, 0.6) is 0 Å². The largest absolute Gasteiger partial charge is 0.431 e. The fourth-order valence-corrected chi connectivity index (χ4v) is 6.06. The highest BCUT2D eigenvalue weighted by molar-refractivity contribution is 8.00. The van der Waals surface area contributed by atoms with E-state index in [4.69, 9.17) is 4.42 Å². The molecule has 2 aromatic heterocycles. The number of aromatic nitrogens is 2. The van der Waals surface area contributed by atoms with E-state index in [0.29, 0.717) is 22.1 Å². The molecule has 5 nitrogen and oxygen atoms in total. The minimum absolute atomic E-state index is 0.00376. The summed E-state index contributed by atoms with van der Waals surface area (Å²) in [5.41, 5.74) is 2.19. The summed E-state index contributed by atoms with van der Waals surface area (Å²) in [4.78, 5) is 8.56. The van der Waals surface area contributed by atoms with Crippen molar-refractivity contribution in [2.24, 2.45) is 0 Å². The van der Waals surface area contributed by atoms with Gasteiger partial charge in [0.1, 0.15) is 5.52 Å². The predicted molar refractivity (Wildman–Crippen MR) is 96.4 cm³/mol. The number of fused-ring (bicyclic) bond motifs is 2. The molecule has 4 rings (SSSR count). The Labute approximate surface area is 146 Å². The molecule has 0 saturated heterocycles. The second-order valence-corrected chi connectivity index (χ2v) is 9.42. The highest BCUT2D eigenvalue weighted by Crippen LogP contribution is 2.27. The molecule has 122 valence electrons. The molecule has 0 unspecified atom stereocenters. The monoisotopic (exact) mass is 376 g/mol. The van der Waals surface area contributed by atoms with Gasteiger partial charge >= 0.3 is 0 Å². The fourth-order valence-electron chi connectivity index (χ4n) is 2.22. The summed E-state index contributed by atoms with van der Waals surface area (Å²) in [6.45, 7) is 0. The summed E-state index contributed by atoms with van der Waals surface area (Å²) >= 11 is 2.50. The number of rotatable bonds is 5. The molecule has 0 saturated carbocycles. The van der Waals surface area contributed by atoms with Crippen molar-refractivity contribution in [2.45, 2.75) is 9.56 Å². The third-order valence-corrected chi connectivity index (χ3v) is 7.69. The van der Waals surface area contributed by atoms with Crippen molar-refractivity contribution in [3.05, 3.63) is 48.5 Å². The van der Waals surface area contributed by atoms with E-state index in [9.17, 15) is 8.42 Å². The Bertz CT molecular complexity index is 1050. The number of hydrogen-bond acceptors (Lipinski definition) is 7. The second-order valence-electron chi connectivity index (χ2n) is 5.06. The van der Waals surface area contributed by atoms with Crippen molar-refractivity contribution < 1.29 is 12.8 Å². The Kier molecular flexibility index (Phi) is 4.03. The summed E-state index contributed by atoms with van der Waals surface area (Å²) in [7, 11) is -3.41. The van der Waals surface area contributed by atoms with Gasteiger partial charge in [-0.15, -0.1) is 11.3 Å². The number of oxazole rings is 1. The van der Waals surface area contributed by atoms with Crippen LogP contribution < -0.4 is 0 Å². The van der Waals surface area contributed by atoms with Gasteiger partial charge in [-0.25, -0.2) is 18.4 Å². The van der Waals surface area contributed by atoms with Crippen molar-refractivity contribution in [1.82, 2.24) is 9.97 Å². The minimum Gasteiger partial charge on any atom is -0.431 e. The lowest BCUT2D eigenvalue weighted by Gasteiger charge is -1.98. The number of benzene rings is 2. The highest BCUT2D eigenvalue weighted by atomic mass is 32.2. The summed E-state index contributed by atoms with van der Waals surface area (Å²) in [6.07, 6.45) is 0. The minimum atomic E-state index is -3.41. The highest BCUT2D eigenvalue weighted by Gasteiger charge is 2.20. The summed E-state index contributed by atoms with van der Waals surface area (Å²) < 4.78 is 31.5. The van der Waals surface area contributed by atoms with E-state index in [-0.39, 0.29) is 10.1 Å². The van der Waals surface area contributed by atoms with Gasteiger partial charge in [0.05, 0.1) is 16.0 Å². The first kappa shape index (κ1) is 15.6. The van der Waals surface area contributed by atoms with Gasteiger partial charge in [0.15, 0.2) is 5.58 Å². The molecule has 2 aromatic carbocycles. The summed E-state index contributed by atoms with van der Waals surface area (Å²) in [5, 5.41) is 0.482. The van der Waals surface area contributed by atoms with E-state index in [1.165, 1.54) is 23.1 Å². The Morgan fingerprint density at radius 3 is 2.54 bits per heavy atom. The number of nitrogens with zero attached hydrogens (tertiary/aromatic N) is 2. The molecule has 4 aromatic rings. The zero-order valence-electron chi connectivity index (χ0n) is 12.4. The lowest BCUT2D eigenvalue weighted by atomic mass is 10.3. The van der Waals surface area contributed by atoms with Gasteiger partial charge in [-0.3, -0.25) is 0 Å². The maximum Gasteiger partial charge on any atom is 0.256 e. The van der Waals surface area contributed by atoms with Gasteiger partial charge in [-0.05, 0) is 24.3 Å². The average Bonchev–Trinajstić information content (AvgIpc) is 3.18. The first-order valence-electron chi connectivity index (χ1n) is 7.18. The van der Waals surface area contributed by atoms with E-state index >= 15 is 0 Å². The Morgan fingerprint density at radius 1 is 1.00 bits per heavy atom. The maximum absolute atomic E-state index is 12.4. The third kappa shape index (κ3) is 3.04. The zero-order chi connectivity index (χ0) is 16.6. The van der Waals surface area contributed by atoms with Gasteiger partial charge in [-0.1, -0.05) is 36.0 Å². The first-order valence-corrected chi connectivity index (χ1v) is 10.6. The molecule has 8 heteroatoms. The van der Waals surface area contributed by atoms with E-state index in [1.807, 2.05) is 48.5 Å². The molecule has 24 heavy (non-hydrogen) atoms. The first-order chi connectivity index (χ1) is 11.6. The molecule has 0 bridgehead atoms.